The number of rotatable bonds is 1. The van der Waals surface area contributed by atoms with Gasteiger partial charge < -0.3 is 15.2 Å². The number of carbonyl (C=O) groups excluding carboxylic acids is 1. The molecule has 1 amide bonds. The van der Waals surface area contributed by atoms with E-state index in [1.165, 1.54) is 11.1 Å². The zero-order valence-corrected chi connectivity index (χ0v) is 11.1. The van der Waals surface area contributed by atoms with Gasteiger partial charge in [-0.05, 0) is 11.1 Å². The summed E-state index contributed by atoms with van der Waals surface area (Å²) in [6.07, 6.45) is 2.58. The van der Waals surface area contributed by atoms with Crippen molar-refractivity contribution in [3.05, 3.63) is 53.1 Å². The van der Waals surface area contributed by atoms with Crippen molar-refractivity contribution in [1.29, 1.82) is 0 Å². The molecule has 1 unspecified atom stereocenters. The van der Waals surface area contributed by atoms with Gasteiger partial charge in [0, 0.05) is 31.7 Å². The van der Waals surface area contributed by atoms with Gasteiger partial charge in [-0.1, -0.05) is 24.3 Å². The van der Waals surface area contributed by atoms with E-state index in [0.717, 1.165) is 24.4 Å². The molecule has 0 saturated heterocycles. The maximum atomic E-state index is 12.7. The molecule has 0 bridgehead atoms. The van der Waals surface area contributed by atoms with Gasteiger partial charge in [0.05, 0.1) is 12.0 Å². The van der Waals surface area contributed by atoms with E-state index in [-0.39, 0.29) is 11.9 Å². The van der Waals surface area contributed by atoms with Crippen LogP contribution in [0.15, 0.2) is 30.6 Å². The first-order valence-electron chi connectivity index (χ1n) is 6.94. The lowest BCUT2D eigenvalue weighted by atomic mass is 10.0. The van der Waals surface area contributed by atoms with Crippen LogP contribution in [0.1, 0.15) is 28.6 Å². The first kappa shape index (κ1) is 11.7. The normalized spacial score (nSPS) is 20.6. The third-order valence-electron chi connectivity index (χ3n) is 4.15. The minimum Gasteiger partial charge on any atom is -0.348 e. The van der Waals surface area contributed by atoms with Crippen molar-refractivity contribution in [2.75, 3.05) is 6.54 Å². The van der Waals surface area contributed by atoms with Crippen LogP contribution in [0.5, 0.6) is 0 Å². The van der Waals surface area contributed by atoms with Gasteiger partial charge in [0.15, 0.2) is 0 Å². The Morgan fingerprint density at radius 2 is 2.00 bits per heavy atom. The Balaban J connectivity index is 1.59. The number of imidazole rings is 1. The summed E-state index contributed by atoms with van der Waals surface area (Å²) in [7, 11) is 0. The molecule has 0 radical (unpaired) electrons. The summed E-state index contributed by atoms with van der Waals surface area (Å²) in [4.78, 5) is 22.1. The summed E-state index contributed by atoms with van der Waals surface area (Å²) in [5, 5.41) is 3.29. The number of nitrogens with zero attached hydrogens (tertiary/aromatic N) is 2. The number of hydrogen-bond acceptors (Lipinski definition) is 3. The Kier molecular flexibility index (Phi) is 2.60. The van der Waals surface area contributed by atoms with Gasteiger partial charge in [-0.2, -0.15) is 0 Å². The van der Waals surface area contributed by atoms with E-state index in [4.69, 9.17) is 0 Å². The second kappa shape index (κ2) is 4.45. The highest BCUT2D eigenvalue weighted by molar-refractivity contribution is 5.84. The van der Waals surface area contributed by atoms with Gasteiger partial charge in [-0.15, -0.1) is 0 Å². The van der Waals surface area contributed by atoms with Crippen LogP contribution in [0.4, 0.5) is 0 Å². The summed E-state index contributed by atoms with van der Waals surface area (Å²) in [5.74, 6) is 0.120. The second-order valence-corrected chi connectivity index (χ2v) is 5.37. The molecule has 2 N–H and O–H groups in total. The number of benzene rings is 1. The Morgan fingerprint density at radius 3 is 2.75 bits per heavy atom. The molecule has 0 spiro atoms. The van der Waals surface area contributed by atoms with Crippen LogP contribution in [-0.2, 0) is 24.3 Å². The van der Waals surface area contributed by atoms with Gasteiger partial charge in [-0.25, -0.2) is 4.98 Å². The zero-order chi connectivity index (χ0) is 13.5. The molecule has 4 rings (SSSR count). The molecule has 5 nitrogen and oxygen atoms in total. The Labute approximate surface area is 117 Å². The molecule has 1 atom stereocenters. The van der Waals surface area contributed by atoms with Crippen molar-refractivity contribution < 1.29 is 4.79 Å². The van der Waals surface area contributed by atoms with E-state index in [2.05, 4.69) is 27.4 Å². The van der Waals surface area contributed by atoms with Crippen LogP contribution in [0.25, 0.3) is 0 Å². The molecule has 2 aliphatic heterocycles. The van der Waals surface area contributed by atoms with Crippen molar-refractivity contribution >= 4 is 5.91 Å². The summed E-state index contributed by atoms with van der Waals surface area (Å²) in [6, 6.07) is 7.93. The number of hydrogen-bond donors (Lipinski definition) is 2. The second-order valence-electron chi connectivity index (χ2n) is 5.37. The Bertz CT molecular complexity index is 638. The maximum absolute atomic E-state index is 12.7. The number of aromatic nitrogens is 2. The Hall–Kier alpha value is -2.14. The summed E-state index contributed by atoms with van der Waals surface area (Å²) >= 11 is 0. The number of nitrogens with one attached hydrogen (secondary N) is 2. The number of fused-ring (bicyclic) bond motifs is 2. The molecule has 1 aromatic carbocycles. The van der Waals surface area contributed by atoms with Crippen LogP contribution in [0.3, 0.4) is 0 Å². The lowest BCUT2D eigenvalue weighted by Gasteiger charge is -2.26. The molecule has 2 aliphatic rings. The molecule has 0 fully saturated rings. The fourth-order valence-corrected chi connectivity index (χ4v) is 3.09. The SMILES string of the molecule is O=C(C1NCCc2[nH]cnc21)N1Cc2ccccc2C1. The number of carbonyl (C=O) groups is 1. The fraction of sp³-hybridized carbons (Fsp3) is 0.333. The van der Waals surface area contributed by atoms with Gasteiger partial charge in [0.1, 0.15) is 6.04 Å². The molecular formula is C15H16N4O. The minimum atomic E-state index is -0.306. The van der Waals surface area contributed by atoms with Crippen LogP contribution >= 0.6 is 0 Å². The molecular weight excluding hydrogens is 252 g/mol. The third-order valence-corrected chi connectivity index (χ3v) is 4.15. The first-order chi connectivity index (χ1) is 9.83. The molecule has 0 aliphatic carbocycles. The third kappa shape index (κ3) is 1.74. The average Bonchev–Trinajstić information content (AvgIpc) is 3.12. The van der Waals surface area contributed by atoms with Crippen LogP contribution in [-0.4, -0.2) is 27.3 Å². The summed E-state index contributed by atoms with van der Waals surface area (Å²) in [6.45, 7) is 2.21. The van der Waals surface area contributed by atoms with Crippen molar-refractivity contribution in [2.24, 2.45) is 0 Å². The monoisotopic (exact) mass is 268 g/mol. The standard InChI is InChI=1S/C15H16N4O/c20-15(14-13-12(5-6-16-14)17-9-18-13)19-7-10-3-1-2-4-11(10)8-19/h1-4,9,14,16H,5-8H2,(H,17,18). The van der Waals surface area contributed by atoms with Crippen molar-refractivity contribution in [3.8, 4) is 0 Å². The van der Waals surface area contributed by atoms with Gasteiger partial charge in [-0.3, -0.25) is 4.79 Å². The number of H-pyrrole nitrogens is 1. The smallest absolute Gasteiger partial charge is 0.246 e. The molecule has 1 aromatic heterocycles. The zero-order valence-electron chi connectivity index (χ0n) is 11.1. The largest absolute Gasteiger partial charge is 0.348 e. The van der Waals surface area contributed by atoms with Gasteiger partial charge in [0.25, 0.3) is 0 Å². The van der Waals surface area contributed by atoms with E-state index < -0.39 is 0 Å². The van der Waals surface area contributed by atoms with E-state index >= 15 is 0 Å². The highest BCUT2D eigenvalue weighted by Gasteiger charge is 2.33. The van der Waals surface area contributed by atoms with Crippen molar-refractivity contribution in [1.82, 2.24) is 20.2 Å². The number of aromatic amines is 1. The molecule has 102 valence electrons. The molecule has 2 aromatic rings. The van der Waals surface area contributed by atoms with Crippen LogP contribution in [0, 0.1) is 0 Å². The molecule has 5 heteroatoms. The minimum absolute atomic E-state index is 0.120. The summed E-state index contributed by atoms with van der Waals surface area (Å²) < 4.78 is 0. The highest BCUT2D eigenvalue weighted by atomic mass is 16.2. The van der Waals surface area contributed by atoms with Crippen LogP contribution in [0.2, 0.25) is 0 Å². The topological polar surface area (TPSA) is 61.0 Å². The quantitative estimate of drug-likeness (QED) is 0.815. The average molecular weight is 268 g/mol. The van der Waals surface area contributed by atoms with E-state index in [1.54, 1.807) is 6.33 Å². The lowest BCUT2D eigenvalue weighted by Crippen LogP contribution is -2.42. The van der Waals surface area contributed by atoms with Crippen molar-refractivity contribution in [2.45, 2.75) is 25.6 Å². The molecule has 20 heavy (non-hydrogen) atoms. The van der Waals surface area contributed by atoms with Crippen molar-refractivity contribution in [3.63, 3.8) is 0 Å². The van der Waals surface area contributed by atoms with Gasteiger partial charge in [0.2, 0.25) is 5.91 Å². The summed E-state index contributed by atoms with van der Waals surface area (Å²) in [5.41, 5.74) is 4.44. The first-order valence-corrected chi connectivity index (χ1v) is 6.94. The number of amides is 1. The van der Waals surface area contributed by atoms with E-state index in [9.17, 15) is 4.79 Å². The predicted molar refractivity (Wildman–Crippen MR) is 73.7 cm³/mol. The van der Waals surface area contributed by atoms with E-state index in [0.29, 0.717) is 13.1 Å². The van der Waals surface area contributed by atoms with E-state index in [1.807, 2.05) is 17.0 Å². The van der Waals surface area contributed by atoms with Crippen LogP contribution < -0.4 is 5.32 Å². The predicted octanol–water partition coefficient (Wildman–Crippen LogP) is 1.14. The Morgan fingerprint density at radius 1 is 1.25 bits per heavy atom. The fourth-order valence-electron chi connectivity index (χ4n) is 3.09. The highest BCUT2D eigenvalue weighted by Crippen LogP contribution is 2.27. The van der Waals surface area contributed by atoms with Gasteiger partial charge >= 0.3 is 0 Å². The lowest BCUT2D eigenvalue weighted by molar-refractivity contribution is -0.134. The molecule has 0 saturated carbocycles. The molecule has 3 heterocycles. The maximum Gasteiger partial charge on any atom is 0.246 e.